The molecule has 16 heavy (non-hydrogen) atoms. The summed E-state index contributed by atoms with van der Waals surface area (Å²) in [6, 6.07) is 1.99. The maximum Gasteiger partial charge on any atom is 0.131 e. The van der Waals surface area contributed by atoms with Crippen LogP contribution in [0.3, 0.4) is 0 Å². The van der Waals surface area contributed by atoms with Crippen LogP contribution in [0, 0.1) is 6.92 Å². The first-order chi connectivity index (χ1) is 7.16. The van der Waals surface area contributed by atoms with Crippen molar-refractivity contribution in [1.82, 2.24) is 9.88 Å². The van der Waals surface area contributed by atoms with Crippen LogP contribution < -0.4 is 10.6 Å². The Kier molecular flexibility index (Phi) is 4.38. The van der Waals surface area contributed by atoms with E-state index in [1.807, 2.05) is 6.07 Å². The van der Waals surface area contributed by atoms with E-state index in [4.69, 9.17) is 5.73 Å². The minimum absolute atomic E-state index is 0. The van der Waals surface area contributed by atoms with E-state index < -0.39 is 0 Å². The molecule has 2 rings (SSSR count). The molecule has 2 heterocycles. The predicted octanol–water partition coefficient (Wildman–Crippen LogP) is 1.15. The molecule has 1 aliphatic rings. The number of nitrogens with two attached hydrogens (primary N) is 1. The summed E-state index contributed by atoms with van der Waals surface area (Å²) < 4.78 is 0. The van der Waals surface area contributed by atoms with Crippen LogP contribution in [0.5, 0.6) is 0 Å². The molecule has 1 saturated heterocycles. The summed E-state index contributed by atoms with van der Waals surface area (Å²) in [5.74, 6) is 1.08. The number of aromatic nitrogens is 1. The van der Waals surface area contributed by atoms with E-state index in [1.165, 1.54) is 5.56 Å². The molecule has 1 aromatic rings. The Morgan fingerprint density at radius 3 is 2.44 bits per heavy atom. The van der Waals surface area contributed by atoms with Gasteiger partial charge in [-0.2, -0.15) is 0 Å². The van der Waals surface area contributed by atoms with E-state index in [9.17, 15) is 0 Å². The second-order valence-corrected chi connectivity index (χ2v) is 4.20. The molecule has 0 atom stereocenters. The molecule has 0 amide bonds. The van der Waals surface area contributed by atoms with Crippen molar-refractivity contribution >= 4 is 23.9 Å². The lowest BCUT2D eigenvalue weighted by molar-refractivity contribution is 0.312. The summed E-state index contributed by atoms with van der Waals surface area (Å²) in [6.07, 6.45) is 1.74. The van der Waals surface area contributed by atoms with E-state index in [2.05, 4.69) is 28.8 Å². The zero-order chi connectivity index (χ0) is 10.8. The molecule has 0 bridgehead atoms. The van der Waals surface area contributed by atoms with Crippen molar-refractivity contribution in [3.8, 4) is 0 Å². The maximum atomic E-state index is 5.69. The van der Waals surface area contributed by atoms with Crippen molar-refractivity contribution in [2.24, 2.45) is 0 Å². The van der Waals surface area contributed by atoms with Gasteiger partial charge in [0.05, 0.1) is 11.9 Å². The molecule has 1 fully saturated rings. The van der Waals surface area contributed by atoms with E-state index in [0.29, 0.717) is 0 Å². The Morgan fingerprint density at radius 2 is 1.88 bits per heavy atom. The van der Waals surface area contributed by atoms with Gasteiger partial charge in [0, 0.05) is 26.2 Å². The minimum Gasteiger partial charge on any atom is -0.397 e. The van der Waals surface area contributed by atoms with Gasteiger partial charge in [-0.15, -0.1) is 12.4 Å². The van der Waals surface area contributed by atoms with Crippen LogP contribution in [-0.2, 0) is 0 Å². The first-order valence-corrected chi connectivity index (χ1v) is 5.32. The fraction of sp³-hybridized carbons (Fsp3) is 0.545. The third-order valence-corrected chi connectivity index (χ3v) is 2.87. The molecule has 0 unspecified atom stereocenters. The zero-order valence-corrected chi connectivity index (χ0v) is 10.6. The smallest absolute Gasteiger partial charge is 0.131 e. The summed E-state index contributed by atoms with van der Waals surface area (Å²) in [7, 11) is 2.15. The summed E-state index contributed by atoms with van der Waals surface area (Å²) in [6.45, 7) is 6.37. The molecule has 0 saturated carbocycles. The van der Waals surface area contributed by atoms with Gasteiger partial charge >= 0.3 is 0 Å². The molecule has 0 spiro atoms. The first-order valence-electron chi connectivity index (χ1n) is 5.32. The van der Waals surface area contributed by atoms with Crippen molar-refractivity contribution in [3.63, 3.8) is 0 Å². The maximum absolute atomic E-state index is 5.69. The lowest BCUT2D eigenvalue weighted by Gasteiger charge is -2.34. The van der Waals surface area contributed by atoms with Gasteiger partial charge < -0.3 is 15.5 Å². The van der Waals surface area contributed by atoms with Crippen LogP contribution in [0.15, 0.2) is 12.3 Å². The largest absolute Gasteiger partial charge is 0.397 e. The molecule has 5 heteroatoms. The molecule has 0 aliphatic carbocycles. The second-order valence-electron chi connectivity index (χ2n) is 4.20. The van der Waals surface area contributed by atoms with Crippen molar-refractivity contribution in [1.29, 1.82) is 0 Å². The summed E-state index contributed by atoms with van der Waals surface area (Å²) in [5.41, 5.74) is 7.60. The number of likely N-dealkylation sites (N-methyl/N-ethyl adjacent to an activating group) is 1. The Balaban J connectivity index is 0.00000128. The van der Waals surface area contributed by atoms with Crippen LogP contribution in [0.25, 0.3) is 0 Å². The van der Waals surface area contributed by atoms with E-state index in [1.54, 1.807) is 6.20 Å². The van der Waals surface area contributed by atoms with Crippen LogP contribution in [0.1, 0.15) is 5.56 Å². The lowest BCUT2D eigenvalue weighted by atomic mass is 10.2. The highest BCUT2D eigenvalue weighted by Gasteiger charge is 2.16. The standard InChI is InChI=1S/C11H18N4.ClH/c1-9-7-10(12)8-13-11(9)15-5-3-14(2)4-6-15;/h7-8H,3-6,12H2,1-2H3;1H. The summed E-state index contributed by atoms with van der Waals surface area (Å²) >= 11 is 0. The number of pyridine rings is 1. The van der Waals surface area contributed by atoms with Crippen LogP contribution >= 0.6 is 12.4 Å². The van der Waals surface area contributed by atoms with E-state index in [0.717, 1.165) is 37.7 Å². The van der Waals surface area contributed by atoms with Gasteiger partial charge in [-0.1, -0.05) is 0 Å². The summed E-state index contributed by atoms with van der Waals surface area (Å²) in [5, 5.41) is 0. The molecule has 0 aromatic carbocycles. The van der Waals surface area contributed by atoms with Crippen molar-refractivity contribution in [3.05, 3.63) is 17.8 Å². The highest BCUT2D eigenvalue weighted by molar-refractivity contribution is 5.85. The minimum atomic E-state index is 0. The first kappa shape index (κ1) is 13.1. The number of rotatable bonds is 1. The topological polar surface area (TPSA) is 45.4 Å². The zero-order valence-electron chi connectivity index (χ0n) is 9.81. The Hall–Kier alpha value is -1.00. The number of anilines is 2. The third-order valence-electron chi connectivity index (χ3n) is 2.87. The van der Waals surface area contributed by atoms with E-state index >= 15 is 0 Å². The second kappa shape index (κ2) is 5.37. The van der Waals surface area contributed by atoms with Crippen LogP contribution in [-0.4, -0.2) is 43.1 Å². The van der Waals surface area contributed by atoms with Gasteiger partial charge in [0.1, 0.15) is 5.82 Å². The number of nitrogens with zero attached hydrogens (tertiary/aromatic N) is 3. The highest BCUT2D eigenvalue weighted by atomic mass is 35.5. The van der Waals surface area contributed by atoms with Gasteiger partial charge in [0.2, 0.25) is 0 Å². The number of piperazine rings is 1. The number of halogens is 1. The Bertz CT molecular complexity index is 348. The van der Waals surface area contributed by atoms with Gasteiger partial charge in [-0.3, -0.25) is 0 Å². The molecular weight excluding hydrogens is 224 g/mol. The van der Waals surface area contributed by atoms with E-state index in [-0.39, 0.29) is 12.4 Å². The average Bonchev–Trinajstić information content (AvgIpc) is 2.20. The van der Waals surface area contributed by atoms with Gasteiger partial charge in [-0.25, -0.2) is 4.98 Å². The third kappa shape index (κ3) is 2.77. The van der Waals surface area contributed by atoms with Gasteiger partial charge in [-0.05, 0) is 25.6 Å². The van der Waals surface area contributed by atoms with Gasteiger partial charge in [0.15, 0.2) is 0 Å². The highest BCUT2D eigenvalue weighted by Crippen LogP contribution is 2.19. The molecule has 1 aliphatic heterocycles. The normalized spacial score (nSPS) is 17.0. The van der Waals surface area contributed by atoms with Gasteiger partial charge in [0.25, 0.3) is 0 Å². The van der Waals surface area contributed by atoms with Crippen LogP contribution in [0.4, 0.5) is 11.5 Å². The fourth-order valence-electron chi connectivity index (χ4n) is 1.94. The lowest BCUT2D eigenvalue weighted by Crippen LogP contribution is -2.45. The number of aryl methyl sites for hydroxylation is 1. The molecule has 4 nitrogen and oxygen atoms in total. The number of nitrogen functional groups attached to an aromatic ring is 1. The number of hydrogen-bond acceptors (Lipinski definition) is 4. The monoisotopic (exact) mass is 242 g/mol. The molecule has 0 radical (unpaired) electrons. The molecular formula is C11H19ClN4. The molecule has 2 N–H and O–H groups in total. The molecule has 90 valence electrons. The number of hydrogen-bond donors (Lipinski definition) is 1. The summed E-state index contributed by atoms with van der Waals surface area (Å²) in [4.78, 5) is 9.07. The quantitative estimate of drug-likeness (QED) is 0.803. The molecule has 1 aromatic heterocycles. The predicted molar refractivity (Wildman–Crippen MR) is 70.3 cm³/mol. The van der Waals surface area contributed by atoms with Crippen molar-refractivity contribution in [2.45, 2.75) is 6.92 Å². The van der Waals surface area contributed by atoms with Crippen LogP contribution in [0.2, 0.25) is 0 Å². The Morgan fingerprint density at radius 1 is 1.25 bits per heavy atom. The van der Waals surface area contributed by atoms with Crippen molar-refractivity contribution < 1.29 is 0 Å². The Labute approximate surface area is 103 Å². The fourth-order valence-corrected chi connectivity index (χ4v) is 1.94. The SMILES string of the molecule is Cc1cc(N)cnc1N1CCN(C)CC1.Cl. The average molecular weight is 243 g/mol. The van der Waals surface area contributed by atoms with Crippen molar-refractivity contribution in [2.75, 3.05) is 43.9 Å².